The largest absolute Gasteiger partial charge is 0.496 e. The number of fused-ring (bicyclic) bond motifs is 3. The lowest BCUT2D eigenvalue weighted by Gasteiger charge is -2.10. The second-order valence-corrected chi connectivity index (χ2v) is 4.89. The molecule has 0 saturated heterocycles. The highest BCUT2D eigenvalue weighted by molar-refractivity contribution is 6.11. The molecule has 0 fully saturated rings. The van der Waals surface area contributed by atoms with Crippen LogP contribution in [0.5, 0.6) is 5.75 Å². The topological polar surface area (TPSA) is 62.8 Å². The Balaban J connectivity index is 1.97. The normalized spacial score (nSPS) is 11.0. The van der Waals surface area contributed by atoms with Gasteiger partial charge in [-0.3, -0.25) is 5.10 Å². The van der Waals surface area contributed by atoms with E-state index >= 15 is 0 Å². The summed E-state index contributed by atoms with van der Waals surface area (Å²) >= 11 is 0. The molecule has 0 bridgehead atoms. The summed E-state index contributed by atoms with van der Waals surface area (Å²) in [7, 11) is 1.66. The summed E-state index contributed by atoms with van der Waals surface area (Å²) in [5.74, 6) is 1.52. The van der Waals surface area contributed by atoms with E-state index in [0.717, 1.165) is 39.1 Å². The Kier molecular flexibility index (Phi) is 2.89. The van der Waals surface area contributed by atoms with Crippen LogP contribution in [-0.4, -0.2) is 22.3 Å². The number of hydrogen-bond donors (Lipinski definition) is 2. The number of anilines is 2. The lowest BCUT2D eigenvalue weighted by Crippen LogP contribution is -1.96. The molecular weight excluding hydrogens is 276 g/mol. The van der Waals surface area contributed by atoms with Crippen molar-refractivity contribution in [2.45, 2.75) is 0 Å². The maximum atomic E-state index is 5.46. The number of H-pyrrole nitrogens is 1. The van der Waals surface area contributed by atoms with Crippen LogP contribution in [-0.2, 0) is 0 Å². The summed E-state index contributed by atoms with van der Waals surface area (Å²) in [4.78, 5) is 4.71. The van der Waals surface area contributed by atoms with Crippen LogP contribution in [0.4, 0.5) is 11.5 Å². The van der Waals surface area contributed by atoms with Crippen molar-refractivity contribution in [2.75, 3.05) is 12.4 Å². The Bertz CT molecular complexity index is 947. The molecule has 4 aromatic rings. The molecule has 2 aromatic carbocycles. The summed E-state index contributed by atoms with van der Waals surface area (Å²) in [5, 5.41) is 12.4. The van der Waals surface area contributed by atoms with Crippen molar-refractivity contribution in [1.29, 1.82) is 0 Å². The van der Waals surface area contributed by atoms with Crippen molar-refractivity contribution in [3.05, 3.63) is 54.7 Å². The number of nitrogens with zero attached hydrogens (tertiary/aromatic N) is 2. The van der Waals surface area contributed by atoms with Crippen LogP contribution in [0.15, 0.2) is 48.7 Å². The molecule has 0 unspecified atom stereocenters. The Labute approximate surface area is 126 Å². The van der Waals surface area contributed by atoms with E-state index in [-0.39, 0.29) is 0 Å². The number of benzene rings is 2. The first-order valence-electron chi connectivity index (χ1n) is 6.90. The second kappa shape index (κ2) is 5.04. The summed E-state index contributed by atoms with van der Waals surface area (Å²) < 4.78 is 5.46. The molecule has 0 aliphatic rings. The van der Waals surface area contributed by atoms with E-state index in [1.54, 1.807) is 13.3 Å². The minimum absolute atomic E-state index is 0.736. The average molecular weight is 289 g/mol. The molecule has 5 heteroatoms. The minimum Gasteiger partial charge on any atom is -0.496 e. The molecule has 107 valence electrons. The van der Waals surface area contributed by atoms with Crippen LogP contribution in [0.25, 0.3) is 21.8 Å². The van der Waals surface area contributed by atoms with Gasteiger partial charge in [-0.25, -0.2) is 4.98 Å². The van der Waals surface area contributed by atoms with Crippen LogP contribution >= 0.6 is 0 Å². The summed E-state index contributed by atoms with van der Waals surface area (Å²) in [6, 6.07) is 16.4. The number of pyridine rings is 1. The van der Waals surface area contributed by atoms with Gasteiger partial charge in [0.2, 0.25) is 0 Å². The third kappa shape index (κ3) is 1.95. The first kappa shape index (κ1) is 12.6. The molecule has 0 aliphatic heterocycles. The van der Waals surface area contributed by atoms with Gasteiger partial charge in [0.05, 0.1) is 24.2 Å². The Hall–Kier alpha value is -3.08. The summed E-state index contributed by atoms with van der Waals surface area (Å²) in [5.41, 5.74) is 2.66. The fourth-order valence-electron chi connectivity index (χ4n) is 2.58. The number of hydrogen-bond acceptors (Lipinski definition) is 4. The lowest BCUT2D eigenvalue weighted by molar-refractivity contribution is 0.420. The van der Waals surface area contributed by atoms with E-state index in [1.165, 1.54) is 0 Å². The number of ether oxygens (including phenoxy) is 1. The van der Waals surface area contributed by atoms with Crippen LogP contribution in [0, 0.1) is 6.07 Å². The van der Waals surface area contributed by atoms with Gasteiger partial charge in [-0.05, 0) is 30.3 Å². The van der Waals surface area contributed by atoms with E-state index in [0.29, 0.717) is 0 Å². The van der Waals surface area contributed by atoms with Gasteiger partial charge >= 0.3 is 0 Å². The van der Waals surface area contributed by atoms with E-state index in [4.69, 9.17) is 9.72 Å². The van der Waals surface area contributed by atoms with Crippen LogP contribution in [0.3, 0.4) is 0 Å². The second-order valence-electron chi connectivity index (χ2n) is 4.89. The number of aromatic nitrogens is 3. The zero-order valence-corrected chi connectivity index (χ0v) is 11.9. The van der Waals surface area contributed by atoms with E-state index in [1.807, 2.05) is 42.5 Å². The van der Waals surface area contributed by atoms with Crippen LogP contribution < -0.4 is 10.1 Å². The van der Waals surface area contributed by atoms with Crippen LogP contribution in [0.1, 0.15) is 0 Å². The molecule has 2 N–H and O–H groups in total. The Morgan fingerprint density at radius 3 is 2.86 bits per heavy atom. The zero-order valence-electron chi connectivity index (χ0n) is 11.9. The summed E-state index contributed by atoms with van der Waals surface area (Å²) in [6.45, 7) is 0. The smallest absolute Gasteiger partial charge is 0.157 e. The van der Waals surface area contributed by atoms with Crippen molar-refractivity contribution >= 4 is 33.3 Å². The molecule has 0 spiro atoms. The Morgan fingerprint density at radius 1 is 1.18 bits per heavy atom. The first-order valence-corrected chi connectivity index (χ1v) is 6.90. The molecule has 0 saturated carbocycles. The molecule has 4 rings (SSSR count). The molecule has 2 aromatic heterocycles. The standard InChI is InChI=1S/C17H13N4O/c1-22-14-9-5-8-13-15(14)12-10-18-21-16(12)17(20-13)19-11-6-3-2-4-7-11/h3-10H,1H3,(H,18,21)(H,19,20). The predicted octanol–water partition coefficient (Wildman–Crippen LogP) is 3.66. The maximum Gasteiger partial charge on any atom is 0.157 e. The number of nitrogens with one attached hydrogen (secondary N) is 2. The zero-order chi connectivity index (χ0) is 14.9. The van der Waals surface area contributed by atoms with Gasteiger partial charge in [-0.1, -0.05) is 18.2 Å². The molecular formula is C17H13N4O. The summed E-state index contributed by atoms with van der Waals surface area (Å²) in [6.07, 6.45) is 1.80. The van der Waals surface area contributed by atoms with Gasteiger partial charge in [-0.2, -0.15) is 5.10 Å². The molecule has 2 heterocycles. The van der Waals surface area contributed by atoms with Gasteiger partial charge in [0.15, 0.2) is 5.82 Å². The van der Waals surface area contributed by atoms with Gasteiger partial charge in [0.25, 0.3) is 0 Å². The van der Waals surface area contributed by atoms with Crippen LogP contribution in [0.2, 0.25) is 0 Å². The maximum absolute atomic E-state index is 5.46. The SMILES string of the molecule is COc1cccc2nc(Nc3cc[c]cc3)c3[nH]ncc3c12. The van der Waals surface area contributed by atoms with Crippen molar-refractivity contribution in [1.82, 2.24) is 15.2 Å². The van der Waals surface area contributed by atoms with E-state index in [9.17, 15) is 0 Å². The molecule has 0 aliphatic carbocycles. The highest BCUT2D eigenvalue weighted by Crippen LogP contribution is 2.34. The van der Waals surface area contributed by atoms with E-state index < -0.39 is 0 Å². The Morgan fingerprint density at radius 2 is 2.05 bits per heavy atom. The molecule has 0 atom stereocenters. The van der Waals surface area contributed by atoms with Crippen molar-refractivity contribution in [3.63, 3.8) is 0 Å². The number of aromatic amines is 1. The van der Waals surface area contributed by atoms with Gasteiger partial charge in [0.1, 0.15) is 11.3 Å². The van der Waals surface area contributed by atoms with Gasteiger partial charge < -0.3 is 10.1 Å². The predicted molar refractivity (Wildman–Crippen MR) is 86.5 cm³/mol. The van der Waals surface area contributed by atoms with Gasteiger partial charge in [-0.15, -0.1) is 0 Å². The van der Waals surface area contributed by atoms with Crippen molar-refractivity contribution in [3.8, 4) is 5.75 Å². The molecule has 22 heavy (non-hydrogen) atoms. The monoisotopic (exact) mass is 289 g/mol. The lowest BCUT2D eigenvalue weighted by atomic mass is 10.1. The minimum atomic E-state index is 0.736. The van der Waals surface area contributed by atoms with Crippen molar-refractivity contribution < 1.29 is 4.74 Å². The van der Waals surface area contributed by atoms with Crippen molar-refractivity contribution in [2.24, 2.45) is 0 Å². The van der Waals surface area contributed by atoms with Gasteiger partial charge in [0, 0.05) is 11.1 Å². The molecule has 1 radical (unpaired) electrons. The first-order chi connectivity index (χ1) is 10.9. The average Bonchev–Trinajstić information content (AvgIpc) is 3.05. The van der Waals surface area contributed by atoms with E-state index in [2.05, 4.69) is 21.6 Å². The fourth-order valence-corrected chi connectivity index (χ4v) is 2.58. The number of rotatable bonds is 3. The molecule has 5 nitrogen and oxygen atoms in total. The highest BCUT2D eigenvalue weighted by atomic mass is 16.5. The third-order valence-corrected chi connectivity index (χ3v) is 3.58. The number of methoxy groups -OCH3 is 1. The highest BCUT2D eigenvalue weighted by Gasteiger charge is 2.13. The quantitative estimate of drug-likeness (QED) is 0.604. The molecule has 0 amide bonds. The third-order valence-electron chi connectivity index (χ3n) is 3.58. The fraction of sp³-hybridized carbons (Fsp3) is 0.0588.